The number of benzene rings is 2. The van der Waals surface area contributed by atoms with E-state index in [2.05, 4.69) is 5.32 Å². The van der Waals surface area contributed by atoms with Crippen molar-refractivity contribution in [2.45, 2.75) is 68.8 Å². The van der Waals surface area contributed by atoms with Crippen molar-refractivity contribution in [3.05, 3.63) is 57.8 Å². The maximum absolute atomic E-state index is 13.6. The molecule has 3 atom stereocenters. The van der Waals surface area contributed by atoms with Crippen molar-refractivity contribution in [3.8, 4) is 11.5 Å². The van der Waals surface area contributed by atoms with Gasteiger partial charge in [0.1, 0.15) is 17.3 Å². The zero-order chi connectivity index (χ0) is 26.4. The number of ether oxygens (including phenoxy) is 2. The van der Waals surface area contributed by atoms with Crippen molar-refractivity contribution in [3.63, 3.8) is 0 Å². The molecule has 1 heterocycles. The zero-order valence-electron chi connectivity index (χ0n) is 20.0. The molecule has 3 saturated carbocycles. The van der Waals surface area contributed by atoms with E-state index in [1.54, 1.807) is 18.2 Å². The molecule has 198 valence electrons. The number of carbonyl (C=O) groups is 2. The van der Waals surface area contributed by atoms with Crippen molar-refractivity contribution in [2.75, 3.05) is 6.61 Å². The second kappa shape index (κ2) is 10.1. The number of amides is 1. The number of rotatable bonds is 7. The molecule has 7 nitrogen and oxygen atoms in total. The minimum absolute atomic E-state index is 0.0305. The number of fused-ring (bicyclic) bond motifs is 4. The summed E-state index contributed by atoms with van der Waals surface area (Å²) in [7, 11) is 0. The number of halogens is 3. The maximum Gasteiger partial charge on any atom is 0.258 e. The lowest BCUT2D eigenvalue weighted by atomic mass is 9.54. The third-order valence-corrected chi connectivity index (χ3v) is 8.62. The lowest BCUT2D eigenvalue weighted by Gasteiger charge is -2.56. The summed E-state index contributed by atoms with van der Waals surface area (Å²) >= 11 is 11.7. The van der Waals surface area contributed by atoms with Gasteiger partial charge >= 0.3 is 0 Å². The molecule has 0 unspecified atom stereocenters. The van der Waals surface area contributed by atoms with Crippen LogP contribution in [-0.2, 0) is 9.59 Å². The molecule has 2 aromatic rings. The predicted molar refractivity (Wildman–Crippen MR) is 134 cm³/mol. The minimum atomic E-state index is -0.856. The van der Waals surface area contributed by atoms with Crippen LogP contribution in [0.15, 0.2) is 36.4 Å². The van der Waals surface area contributed by atoms with E-state index >= 15 is 0 Å². The molecule has 1 amide bonds. The van der Waals surface area contributed by atoms with E-state index in [1.807, 2.05) is 0 Å². The van der Waals surface area contributed by atoms with Crippen LogP contribution in [0.4, 0.5) is 4.39 Å². The van der Waals surface area contributed by atoms with Gasteiger partial charge in [-0.1, -0.05) is 23.2 Å². The molecule has 10 heteroatoms. The molecule has 3 fully saturated rings. The van der Waals surface area contributed by atoms with Gasteiger partial charge in [0.15, 0.2) is 18.5 Å². The van der Waals surface area contributed by atoms with E-state index in [9.17, 15) is 24.2 Å². The first-order chi connectivity index (χ1) is 17.6. The van der Waals surface area contributed by atoms with E-state index in [4.69, 9.17) is 32.7 Å². The van der Waals surface area contributed by atoms with Gasteiger partial charge in [0.25, 0.3) is 5.91 Å². The minimum Gasteiger partial charge on any atom is -0.484 e. The van der Waals surface area contributed by atoms with Gasteiger partial charge in [-0.05, 0) is 62.4 Å². The number of Topliss-reactive ketones (excluding diaryl/α,β-unsaturated/α-hetero) is 1. The molecule has 3 aliphatic carbocycles. The average Bonchev–Trinajstić information content (AvgIpc) is 2.86. The van der Waals surface area contributed by atoms with Gasteiger partial charge in [-0.25, -0.2) is 4.39 Å². The van der Waals surface area contributed by atoms with Crippen LogP contribution in [0, 0.1) is 11.2 Å². The Kier molecular flexibility index (Phi) is 7.13. The Labute approximate surface area is 223 Å². The van der Waals surface area contributed by atoms with Crippen LogP contribution in [-0.4, -0.2) is 46.3 Å². The molecule has 0 saturated heterocycles. The first kappa shape index (κ1) is 26.2. The van der Waals surface area contributed by atoms with Gasteiger partial charge in [0, 0.05) is 40.4 Å². The smallest absolute Gasteiger partial charge is 0.258 e. The van der Waals surface area contributed by atoms with Gasteiger partial charge in [-0.15, -0.1) is 0 Å². The summed E-state index contributed by atoms with van der Waals surface area (Å²) in [5.74, 6) is -0.511. The summed E-state index contributed by atoms with van der Waals surface area (Å²) in [6.45, 7) is -0.295. The fraction of sp³-hybridized carbons (Fsp3) is 0.481. The molecule has 3 N–H and O–H groups in total. The van der Waals surface area contributed by atoms with E-state index in [-0.39, 0.29) is 41.9 Å². The Bertz CT molecular complexity index is 1220. The van der Waals surface area contributed by atoms with Crippen LogP contribution < -0.4 is 14.8 Å². The summed E-state index contributed by atoms with van der Waals surface area (Å²) in [6.07, 6.45) is 0.568. The zero-order valence-corrected chi connectivity index (χ0v) is 21.5. The maximum atomic E-state index is 13.6. The van der Waals surface area contributed by atoms with E-state index in [0.717, 1.165) is 6.07 Å². The van der Waals surface area contributed by atoms with Crippen molar-refractivity contribution < 1.29 is 33.7 Å². The fourth-order valence-electron chi connectivity index (χ4n) is 5.94. The van der Waals surface area contributed by atoms with Gasteiger partial charge in [0.2, 0.25) is 0 Å². The summed E-state index contributed by atoms with van der Waals surface area (Å²) in [6, 6.07) is 8.90. The largest absolute Gasteiger partial charge is 0.484 e. The van der Waals surface area contributed by atoms with Crippen LogP contribution in [0.1, 0.15) is 56.6 Å². The fourth-order valence-corrected chi connectivity index (χ4v) is 6.24. The molecule has 6 rings (SSSR count). The highest BCUT2D eigenvalue weighted by atomic mass is 35.5. The number of hydrogen-bond donors (Lipinski definition) is 3. The quantitative estimate of drug-likeness (QED) is 0.466. The standard InChI is InChI=1S/C27H28Cl2FNO6/c28-15-1-4-22-17(9-15)20(32)11-23(37-22)21(33)12-26-5-7-27(8-6-26,13-24(26)34)31-25(35)14-36-16-2-3-18(29)19(30)10-16/h1-4,9-10,20,23-24,32,34H,5-8,11-14H2,(H,31,35)/t20-,23-,24+,26?,27?/m1/s1. The Morgan fingerprint density at radius 2 is 1.86 bits per heavy atom. The average molecular weight is 552 g/mol. The second-order valence-corrected chi connectivity index (χ2v) is 11.3. The summed E-state index contributed by atoms with van der Waals surface area (Å²) in [5.41, 5.74) is -0.600. The molecular formula is C27H28Cl2FNO6. The molecule has 0 aromatic heterocycles. The summed E-state index contributed by atoms with van der Waals surface area (Å²) in [4.78, 5) is 25.8. The SMILES string of the molecule is O=C(COc1ccc(Cl)c(F)c1)NC12CCC(CC(=O)[C@H]3C[C@@H](O)c4cc(Cl)ccc4O3)(CC1)[C@@H](O)C2. The third kappa shape index (κ3) is 5.30. The molecule has 0 radical (unpaired) electrons. The second-order valence-electron chi connectivity index (χ2n) is 10.5. The lowest BCUT2D eigenvalue weighted by Crippen LogP contribution is -2.63. The van der Waals surface area contributed by atoms with Crippen molar-refractivity contribution >= 4 is 34.9 Å². The Morgan fingerprint density at radius 1 is 1.11 bits per heavy atom. The normalized spacial score (nSPS) is 30.2. The van der Waals surface area contributed by atoms with E-state index < -0.39 is 35.1 Å². The van der Waals surface area contributed by atoms with Crippen molar-refractivity contribution in [1.82, 2.24) is 5.32 Å². The lowest BCUT2D eigenvalue weighted by molar-refractivity contribution is -0.146. The third-order valence-electron chi connectivity index (χ3n) is 8.08. The monoisotopic (exact) mass is 551 g/mol. The topological polar surface area (TPSA) is 105 Å². The highest BCUT2D eigenvalue weighted by Gasteiger charge is 2.55. The van der Waals surface area contributed by atoms with E-state index in [0.29, 0.717) is 48.4 Å². The first-order valence-electron chi connectivity index (χ1n) is 12.3. The Balaban J connectivity index is 1.17. The van der Waals surface area contributed by atoms with Crippen molar-refractivity contribution in [1.29, 1.82) is 0 Å². The van der Waals surface area contributed by atoms with Gasteiger partial charge in [-0.3, -0.25) is 9.59 Å². The number of ketones is 1. The van der Waals surface area contributed by atoms with Crippen LogP contribution in [0.5, 0.6) is 11.5 Å². The summed E-state index contributed by atoms with van der Waals surface area (Å²) < 4.78 is 24.9. The number of hydrogen-bond acceptors (Lipinski definition) is 6. The molecule has 37 heavy (non-hydrogen) atoms. The summed E-state index contributed by atoms with van der Waals surface area (Å²) in [5, 5.41) is 25.1. The van der Waals surface area contributed by atoms with Crippen molar-refractivity contribution in [2.24, 2.45) is 5.41 Å². The molecule has 1 aliphatic heterocycles. The highest BCUT2D eigenvalue weighted by molar-refractivity contribution is 6.31. The molecular weight excluding hydrogens is 524 g/mol. The molecule has 0 spiro atoms. The van der Waals surface area contributed by atoms with Gasteiger partial charge in [0.05, 0.1) is 17.2 Å². The first-order valence-corrected chi connectivity index (χ1v) is 13.1. The Morgan fingerprint density at radius 3 is 2.57 bits per heavy atom. The number of carbonyl (C=O) groups excluding carboxylic acids is 2. The number of nitrogens with one attached hydrogen (secondary N) is 1. The van der Waals surface area contributed by atoms with Gasteiger partial charge in [-0.2, -0.15) is 0 Å². The van der Waals surface area contributed by atoms with Gasteiger partial charge < -0.3 is 25.0 Å². The molecule has 4 aliphatic rings. The molecule has 2 bridgehead atoms. The Hall–Kier alpha value is -2.39. The number of aliphatic hydroxyl groups excluding tert-OH is 2. The van der Waals surface area contributed by atoms with Crippen LogP contribution in [0.25, 0.3) is 0 Å². The predicted octanol–water partition coefficient (Wildman–Crippen LogP) is 4.54. The van der Waals surface area contributed by atoms with Crippen LogP contribution >= 0.6 is 23.2 Å². The number of aliphatic hydroxyl groups is 2. The van der Waals surface area contributed by atoms with E-state index in [1.165, 1.54) is 12.1 Å². The highest BCUT2D eigenvalue weighted by Crippen LogP contribution is 2.54. The van der Waals surface area contributed by atoms with Crippen LogP contribution in [0.2, 0.25) is 10.0 Å². The van der Waals surface area contributed by atoms with Crippen LogP contribution in [0.3, 0.4) is 0 Å². The molecule has 2 aromatic carbocycles.